The van der Waals surface area contributed by atoms with Crippen LogP contribution in [0.3, 0.4) is 0 Å². The molecule has 3 N–H and O–H groups in total. The number of benzene rings is 1. The van der Waals surface area contributed by atoms with E-state index in [-0.39, 0.29) is 17.0 Å². The number of fused-ring (bicyclic) bond motifs is 1. The van der Waals surface area contributed by atoms with Crippen molar-refractivity contribution in [2.24, 2.45) is 5.73 Å². The minimum atomic E-state index is -0.635. The summed E-state index contributed by atoms with van der Waals surface area (Å²) in [6.45, 7) is 1.75. The van der Waals surface area contributed by atoms with Crippen molar-refractivity contribution in [3.05, 3.63) is 69.0 Å². The second kappa shape index (κ2) is 5.54. The number of para-hydroxylation sites is 1. The molecule has 2 heterocycles. The summed E-state index contributed by atoms with van der Waals surface area (Å²) in [4.78, 5) is 15.2. The van der Waals surface area contributed by atoms with Gasteiger partial charge in [-0.1, -0.05) is 18.2 Å². The monoisotopic (exact) mass is 309 g/mol. The minimum Gasteiger partial charge on any atom is -0.496 e. The Kier molecular flexibility index (Phi) is 3.54. The lowest BCUT2D eigenvalue weighted by molar-refractivity contribution is 0.385. The molecule has 1 aromatic heterocycles. The van der Waals surface area contributed by atoms with Gasteiger partial charge in [0.15, 0.2) is 0 Å². The summed E-state index contributed by atoms with van der Waals surface area (Å²) in [7, 11) is 1.54. The topological polar surface area (TPSA) is 101 Å². The fraction of sp³-hybridized carbons (Fsp3) is 0.176. The van der Waals surface area contributed by atoms with Crippen molar-refractivity contribution in [2.45, 2.75) is 12.8 Å². The van der Waals surface area contributed by atoms with Gasteiger partial charge >= 0.3 is 0 Å². The number of allylic oxidation sites excluding steroid dienone is 1. The van der Waals surface area contributed by atoms with Crippen molar-refractivity contribution in [3.8, 4) is 17.6 Å². The second-order valence-electron chi connectivity index (χ2n) is 5.23. The molecule has 2 aromatic rings. The SMILES string of the molecule is COc1ccccc1C1C(C#N)=C(N)Oc2cc(C)[nH]c(=O)c21. The molecule has 1 aliphatic rings. The van der Waals surface area contributed by atoms with Crippen molar-refractivity contribution in [3.63, 3.8) is 0 Å². The maximum absolute atomic E-state index is 12.5. The molecule has 0 spiro atoms. The third-order valence-electron chi connectivity index (χ3n) is 3.80. The molecule has 0 saturated heterocycles. The van der Waals surface area contributed by atoms with Crippen LogP contribution in [0.25, 0.3) is 0 Å². The minimum absolute atomic E-state index is 0.000839. The number of hydrogen-bond acceptors (Lipinski definition) is 5. The molecule has 1 aliphatic heterocycles. The lowest BCUT2D eigenvalue weighted by Crippen LogP contribution is -2.28. The summed E-state index contributed by atoms with van der Waals surface area (Å²) in [6, 6.07) is 11.0. The molecule has 0 radical (unpaired) electrons. The Morgan fingerprint density at radius 1 is 1.39 bits per heavy atom. The molecule has 23 heavy (non-hydrogen) atoms. The van der Waals surface area contributed by atoms with E-state index in [0.29, 0.717) is 28.3 Å². The number of aryl methyl sites for hydroxylation is 1. The van der Waals surface area contributed by atoms with E-state index in [1.165, 1.54) is 7.11 Å². The van der Waals surface area contributed by atoms with Crippen LogP contribution in [0.2, 0.25) is 0 Å². The highest BCUT2D eigenvalue weighted by molar-refractivity contribution is 5.57. The van der Waals surface area contributed by atoms with Crippen molar-refractivity contribution in [1.82, 2.24) is 4.98 Å². The van der Waals surface area contributed by atoms with Crippen molar-refractivity contribution < 1.29 is 9.47 Å². The lowest BCUT2D eigenvalue weighted by Gasteiger charge is -2.26. The van der Waals surface area contributed by atoms with Gasteiger partial charge in [-0.3, -0.25) is 4.79 Å². The molecule has 116 valence electrons. The number of aromatic amines is 1. The zero-order valence-corrected chi connectivity index (χ0v) is 12.7. The Morgan fingerprint density at radius 2 is 2.13 bits per heavy atom. The summed E-state index contributed by atoms with van der Waals surface area (Å²) in [5, 5.41) is 9.51. The van der Waals surface area contributed by atoms with E-state index in [1.807, 2.05) is 18.2 Å². The predicted molar refractivity (Wildman–Crippen MR) is 84.1 cm³/mol. The summed E-state index contributed by atoms with van der Waals surface area (Å²) in [5.41, 5.74) is 7.48. The summed E-state index contributed by atoms with van der Waals surface area (Å²) >= 11 is 0. The van der Waals surface area contributed by atoms with Crippen LogP contribution in [0.1, 0.15) is 22.7 Å². The zero-order valence-electron chi connectivity index (χ0n) is 12.7. The van der Waals surface area contributed by atoms with E-state index in [9.17, 15) is 10.1 Å². The average Bonchev–Trinajstić information content (AvgIpc) is 2.53. The Morgan fingerprint density at radius 3 is 2.83 bits per heavy atom. The molecule has 0 amide bonds. The van der Waals surface area contributed by atoms with Gasteiger partial charge in [0, 0.05) is 17.3 Å². The number of pyridine rings is 1. The number of methoxy groups -OCH3 is 1. The van der Waals surface area contributed by atoms with Gasteiger partial charge in [0.2, 0.25) is 5.88 Å². The molecular formula is C17H15N3O3. The third-order valence-corrected chi connectivity index (χ3v) is 3.80. The summed E-state index contributed by atoms with van der Waals surface area (Å²) in [6.07, 6.45) is 0. The van der Waals surface area contributed by atoms with Crippen LogP contribution < -0.4 is 20.8 Å². The van der Waals surface area contributed by atoms with E-state index in [0.717, 1.165) is 0 Å². The highest BCUT2D eigenvalue weighted by Crippen LogP contribution is 2.42. The van der Waals surface area contributed by atoms with Crippen LogP contribution in [0.15, 0.2) is 46.6 Å². The Labute approximate surface area is 132 Å². The second-order valence-corrected chi connectivity index (χ2v) is 5.23. The molecule has 0 aliphatic carbocycles. The van der Waals surface area contributed by atoms with Crippen LogP contribution in [0.4, 0.5) is 0 Å². The van der Waals surface area contributed by atoms with Crippen LogP contribution in [-0.2, 0) is 0 Å². The van der Waals surface area contributed by atoms with Gasteiger partial charge in [0.25, 0.3) is 5.56 Å². The number of nitrogens with one attached hydrogen (secondary N) is 1. The van der Waals surface area contributed by atoms with Crippen molar-refractivity contribution in [2.75, 3.05) is 7.11 Å². The number of nitrogens with zero attached hydrogens (tertiary/aromatic N) is 1. The normalized spacial score (nSPS) is 16.3. The number of H-pyrrole nitrogens is 1. The van der Waals surface area contributed by atoms with Crippen LogP contribution in [0.5, 0.6) is 11.5 Å². The Bertz CT molecular complexity index is 906. The maximum Gasteiger partial charge on any atom is 0.256 e. The molecule has 0 bridgehead atoms. The van der Waals surface area contributed by atoms with E-state index in [1.54, 1.807) is 19.1 Å². The van der Waals surface area contributed by atoms with Gasteiger partial charge in [0.1, 0.15) is 23.1 Å². The first-order chi connectivity index (χ1) is 11.1. The Balaban J connectivity index is 2.35. The van der Waals surface area contributed by atoms with E-state index < -0.39 is 5.92 Å². The predicted octanol–water partition coefficient (Wildman–Crippen LogP) is 1.91. The van der Waals surface area contributed by atoms with Gasteiger partial charge in [0.05, 0.1) is 18.6 Å². The van der Waals surface area contributed by atoms with Crippen LogP contribution in [0, 0.1) is 18.3 Å². The number of nitrogens with two attached hydrogens (primary N) is 1. The molecule has 3 rings (SSSR count). The van der Waals surface area contributed by atoms with Gasteiger partial charge < -0.3 is 20.2 Å². The number of aromatic nitrogens is 1. The number of ether oxygens (including phenoxy) is 2. The molecule has 0 saturated carbocycles. The average molecular weight is 309 g/mol. The highest BCUT2D eigenvalue weighted by atomic mass is 16.5. The molecule has 6 heteroatoms. The lowest BCUT2D eigenvalue weighted by atomic mass is 9.83. The summed E-state index contributed by atoms with van der Waals surface area (Å²) in [5.74, 6) is 0.301. The first-order valence-corrected chi connectivity index (χ1v) is 7.01. The van der Waals surface area contributed by atoms with E-state index in [2.05, 4.69) is 11.1 Å². The van der Waals surface area contributed by atoms with E-state index in [4.69, 9.17) is 15.2 Å². The van der Waals surface area contributed by atoms with E-state index >= 15 is 0 Å². The molecular weight excluding hydrogens is 294 g/mol. The van der Waals surface area contributed by atoms with Crippen LogP contribution in [-0.4, -0.2) is 12.1 Å². The molecule has 1 unspecified atom stereocenters. The third kappa shape index (κ3) is 2.32. The van der Waals surface area contributed by atoms with Crippen molar-refractivity contribution in [1.29, 1.82) is 5.26 Å². The number of hydrogen-bond donors (Lipinski definition) is 2. The largest absolute Gasteiger partial charge is 0.496 e. The standard InChI is InChI=1S/C17H15N3O3/c1-9-7-13-15(17(21)20-9)14(11(8-18)16(19)23-13)10-5-3-4-6-12(10)22-2/h3-7,14H,19H2,1-2H3,(H,20,21). The molecule has 1 aromatic carbocycles. The smallest absolute Gasteiger partial charge is 0.256 e. The fourth-order valence-electron chi connectivity index (χ4n) is 2.82. The van der Waals surface area contributed by atoms with Crippen molar-refractivity contribution >= 4 is 0 Å². The summed E-state index contributed by atoms with van der Waals surface area (Å²) < 4.78 is 10.9. The maximum atomic E-state index is 12.5. The highest BCUT2D eigenvalue weighted by Gasteiger charge is 2.34. The van der Waals surface area contributed by atoms with Crippen LogP contribution >= 0.6 is 0 Å². The molecule has 0 fully saturated rings. The molecule has 1 atom stereocenters. The Hall–Kier alpha value is -3.20. The fourth-order valence-corrected chi connectivity index (χ4v) is 2.82. The first-order valence-electron chi connectivity index (χ1n) is 7.01. The number of nitriles is 1. The number of rotatable bonds is 2. The van der Waals surface area contributed by atoms with Gasteiger partial charge in [-0.25, -0.2) is 0 Å². The van der Waals surface area contributed by atoms with Gasteiger partial charge in [-0.05, 0) is 13.0 Å². The first kappa shape index (κ1) is 14.7. The zero-order chi connectivity index (χ0) is 16.6. The van der Waals surface area contributed by atoms with Gasteiger partial charge in [-0.15, -0.1) is 0 Å². The quantitative estimate of drug-likeness (QED) is 0.882. The van der Waals surface area contributed by atoms with Gasteiger partial charge in [-0.2, -0.15) is 5.26 Å². The molecule has 6 nitrogen and oxygen atoms in total.